The van der Waals surface area contributed by atoms with Crippen LogP contribution in [0.15, 0.2) is 23.8 Å². The molecular weight excluding hydrogens is 120 g/mol. The lowest BCUT2D eigenvalue weighted by Gasteiger charge is -1.96. The van der Waals surface area contributed by atoms with Gasteiger partial charge >= 0.3 is 0 Å². The van der Waals surface area contributed by atoms with Crippen molar-refractivity contribution in [3.8, 4) is 0 Å². The van der Waals surface area contributed by atoms with Crippen LogP contribution in [-0.4, -0.2) is 0 Å². The third-order valence-corrected chi connectivity index (χ3v) is 1.44. The van der Waals surface area contributed by atoms with Gasteiger partial charge in [0.05, 0.1) is 0 Å². The van der Waals surface area contributed by atoms with Crippen LogP contribution in [-0.2, 0) is 0 Å². The molecule has 0 aliphatic rings. The van der Waals surface area contributed by atoms with Crippen LogP contribution in [0.4, 0.5) is 0 Å². The predicted octanol–water partition coefficient (Wildman–Crippen LogP) is 3.55. The van der Waals surface area contributed by atoms with E-state index in [2.05, 4.69) is 45.9 Å². The second-order valence-corrected chi connectivity index (χ2v) is 3.06. The number of rotatable bonds is 3. The van der Waals surface area contributed by atoms with Gasteiger partial charge in [-0.05, 0) is 26.2 Å². The highest BCUT2D eigenvalue weighted by molar-refractivity contribution is 5.14. The van der Waals surface area contributed by atoms with Crippen molar-refractivity contribution in [3.63, 3.8) is 0 Å². The van der Waals surface area contributed by atoms with Crippen molar-refractivity contribution in [2.75, 3.05) is 0 Å². The van der Waals surface area contributed by atoms with Crippen LogP contribution in [0.2, 0.25) is 0 Å². The summed E-state index contributed by atoms with van der Waals surface area (Å²) in [5.74, 6) is 0.779. The molecule has 0 atom stereocenters. The maximum Gasteiger partial charge on any atom is -0.0324 e. The molecule has 10 heavy (non-hydrogen) atoms. The molecule has 0 aromatic carbocycles. The molecule has 0 nitrogen and oxygen atoms in total. The van der Waals surface area contributed by atoms with Crippen molar-refractivity contribution in [2.24, 2.45) is 5.92 Å². The van der Waals surface area contributed by atoms with Crippen LogP contribution < -0.4 is 0 Å². The molecule has 0 aliphatic heterocycles. The lowest BCUT2D eigenvalue weighted by Crippen LogP contribution is -1.81. The van der Waals surface area contributed by atoms with Crippen molar-refractivity contribution in [3.05, 3.63) is 23.8 Å². The molecular formula is C10H18. The highest BCUT2D eigenvalue weighted by Gasteiger charge is 1.86. The Bertz CT molecular complexity index is 127. The Labute approximate surface area is 64.6 Å². The normalized spacial score (nSPS) is 13.5. The molecule has 0 fully saturated rings. The first-order chi connectivity index (χ1) is 4.66. The summed E-state index contributed by atoms with van der Waals surface area (Å²) in [5.41, 5.74) is 1.35. The van der Waals surface area contributed by atoms with Gasteiger partial charge in [-0.3, -0.25) is 0 Å². The Hall–Kier alpha value is -0.520. The Morgan fingerprint density at radius 1 is 1.40 bits per heavy atom. The largest absolute Gasteiger partial charge is 0.0847 e. The van der Waals surface area contributed by atoms with E-state index in [1.165, 1.54) is 12.0 Å². The van der Waals surface area contributed by atoms with Gasteiger partial charge in [0.1, 0.15) is 0 Å². The van der Waals surface area contributed by atoms with Crippen LogP contribution in [0.1, 0.15) is 34.1 Å². The number of hydrogen-bond acceptors (Lipinski definition) is 0. The monoisotopic (exact) mass is 138 g/mol. The maximum absolute atomic E-state index is 2.24. The molecule has 0 N–H and O–H groups in total. The standard InChI is InChI=1S/C10H18/c1-5-10(4)8-6-7-9(2)3/h5-6,8-9H,7H2,1-4H3/b8-6+,10-5-. The smallest absolute Gasteiger partial charge is 0.0324 e. The van der Waals surface area contributed by atoms with E-state index in [9.17, 15) is 0 Å². The van der Waals surface area contributed by atoms with Gasteiger partial charge < -0.3 is 0 Å². The van der Waals surface area contributed by atoms with Crippen molar-refractivity contribution in [1.29, 1.82) is 0 Å². The summed E-state index contributed by atoms with van der Waals surface area (Å²) < 4.78 is 0. The van der Waals surface area contributed by atoms with E-state index >= 15 is 0 Å². The molecule has 0 aromatic heterocycles. The van der Waals surface area contributed by atoms with Crippen molar-refractivity contribution in [2.45, 2.75) is 34.1 Å². The fraction of sp³-hybridized carbons (Fsp3) is 0.600. The first kappa shape index (κ1) is 9.48. The fourth-order valence-corrected chi connectivity index (χ4v) is 0.622. The zero-order chi connectivity index (χ0) is 7.98. The van der Waals surface area contributed by atoms with Gasteiger partial charge in [-0.1, -0.05) is 37.6 Å². The fourth-order valence-electron chi connectivity index (χ4n) is 0.622. The van der Waals surface area contributed by atoms with Crippen LogP contribution >= 0.6 is 0 Å². The molecule has 0 amide bonds. The zero-order valence-corrected chi connectivity index (χ0v) is 7.52. The van der Waals surface area contributed by atoms with Crippen molar-refractivity contribution in [1.82, 2.24) is 0 Å². The second kappa shape index (κ2) is 5.28. The Balaban J connectivity index is 3.56. The zero-order valence-electron chi connectivity index (χ0n) is 7.52. The second-order valence-electron chi connectivity index (χ2n) is 3.06. The summed E-state index contributed by atoms with van der Waals surface area (Å²) in [7, 11) is 0. The Kier molecular flexibility index (Phi) is 5.00. The van der Waals surface area contributed by atoms with Gasteiger partial charge in [0.2, 0.25) is 0 Å². The van der Waals surface area contributed by atoms with E-state index in [4.69, 9.17) is 0 Å². The van der Waals surface area contributed by atoms with Gasteiger partial charge in [-0.25, -0.2) is 0 Å². The molecule has 0 aliphatic carbocycles. The summed E-state index contributed by atoms with van der Waals surface area (Å²) in [4.78, 5) is 0. The highest BCUT2D eigenvalue weighted by atomic mass is 13.9. The quantitative estimate of drug-likeness (QED) is 0.523. The van der Waals surface area contributed by atoms with Gasteiger partial charge in [-0.15, -0.1) is 0 Å². The van der Waals surface area contributed by atoms with Gasteiger partial charge in [-0.2, -0.15) is 0 Å². The molecule has 0 rings (SSSR count). The molecule has 0 radical (unpaired) electrons. The third kappa shape index (κ3) is 5.61. The predicted molar refractivity (Wildman–Crippen MR) is 48.0 cm³/mol. The van der Waals surface area contributed by atoms with Gasteiger partial charge in [0.25, 0.3) is 0 Å². The number of hydrogen-bond donors (Lipinski definition) is 0. The summed E-state index contributed by atoms with van der Waals surface area (Å²) in [6.45, 7) is 8.65. The van der Waals surface area contributed by atoms with Crippen LogP contribution in [0.5, 0.6) is 0 Å². The molecule has 0 aromatic rings. The molecule has 0 bridgehead atoms. The minimum absolute atomic E-state index is 0.779. The minimum Gasteiger partial charge on any atom is -0.0847 e. The highest BCUT2D eigenvalue weighted by Crippen LogP contribution is 2.02. The Morgan fingerprint density at radius 2 is 2.00 bits per heavy atom. The average molecular weight is 138 g/mol. The van der Waals surface area contributed by atoms with Crippen LogP contribution in [0.25, 0.3) is 0 Å². The first-order valence-electron chi connectivity index (χ1n) is 3.96. The topological polar surface area (TPSA) is 0 Å². The Morgan fingerprint density at radius 3 is 2.40 bits per heavy atom. The van der Waals surface area contributed by atoms with E-state index in [-0.39, 0.29) is 0 Å². The van der Waals surface area contributed by atoms with E-state index in [1.807, 2.05) is 0 Å². The van der Waals surface area contributed by atoms with Gasteiger partial charge in [0.15, 0.2) is 0 Å². The molecule has 0 spiro atoms. The van der Waals surface area contributed by atoms with E-state index in [0.717, 1.165) is 5.92 Å². The van der Waals surface area contributed by atoms with E-state index in [0.29, 0.717) is 0 Å². The van der Waals surface area contributed by atoms with Crippen molar-refractivity contribution >= 4 is 0 Å². The molecule has 58 valence electrons. The summed E-state index contributed by atoms with van der Waals surface area (Å²) in [6.07, 6.45) is 7.72. The lowest BCUT2D eigenvalue weighted by atomic mass is 10.1. The van der Waals surface area contributed by atoms with Crippen LogP contribution in [0, 0.1) is 5.92 Å². The molecule has 0 saturated carbocycles. The molecule has 0 saturated heterocycles. The third-order valence-electron chi connectivity index (χ3n) is 1.44. The lowest BCUT2D eigenvalue weighted by molar-refractivity contribution is 0.663. The summed E-state index contributed by atoms with van der Waals surface area (Å²) in [5, 5.41) is 0. The summed E-state index contributed by atoms with van der Waals surface area (Å²) >= 11 is 0. The van der Waals surface area contributed by atoms with Gasteiger partial charge in [0, 0.05) is 0 Å². The average Bonchev–Trinajstić information content (AvgIpc) is 1.87. The van der Waals surface area contributed by atoms with E-state index < -0.39 is 0 Å². The minimum atomic E-state index is 0.779. The number of allylic oxidation sites excluding steroid dienone is 4. The summed E-state index contributed by atoms with van der Waals surface area (Å²) in [6, 6.07) is 0. The molecule has 0 heteroatoms. The first-order valence-corrected chi connectivity index (χ1v) is 3.96. The van der Waals surface area contributed by atoms with Crippen molar-refractivity contribution < 1.29 is 0 Å². The van der Waals surface area contributed by atoms with E-state index in [1.54, 1.807) is 0 Å². The molecule has 0 heterocycles. The van der Waals surface area contributed by atoms with Crippen LogP contribution in [0.3, 0.4) is 0 Å². The molecule has 0 unspecified atom stereocenters. The SMILES string of the molecule is C/C=C(C)\C=C\CC(C)C. The maximum atomic E-state index is 2.24.